The number of aliphatic hydroxyl groups excluding tert-OH is 1. The van der Waals surface area contributed by atoms with Gasteiger partial charge in [-0.2, -0.15) is 0 Å². The first-order chi connectivity index (χ1) is 13.6. The lowest BCUT2D eigenvalue weighted by molar-refractivity contribution is 0.162. The summed E-state index contributed by atoms with van der Waals surface area (Å²) in [5, 5.41) is 10.9. The standard InChI is InChI=1S/C24H26O4/c1-26-20-10-4-17(5-11-20)23(18-6-12-21(27-2)13-7-18)16-24(25)19-8-14-22(28-3)15-9-19/h4-15,23-25H,16H2,1-3H3. The molecule has 1 N–H and O–H groups in total. The van der Waals surface area contributed by atoms with Crippen LogP contribution in [0.4, 0.5) is 0 Å². The summed E-state index contributed by atoms with van der Waals surface area (Å²) in [5.41, 5.74) is 3.12. The third-order valence-electron chi connectivity index (χ3n) is 5.00. The topological polar surface area (TPSA) is 47.9 Å². The quantitative estimate of drug-likeness (QED) is 0.601. The molecule has 0 fully saturated rings. The van der Waals surface area contributed by atoms with E-state index in [1.165, 1.54) is 0 Å². The molecule has 0 spiro atoms. The highest BCUT2D eigenvalue weighted by atomic mass is 16.5. The Morgan fingerprint density at radius 1 is 0.571 bits per heavy atom. The minimum atomic E-state index is -0.597. The molecule has 3 aromatic carbocycles. The van der Waals surface area contributed by atoms with Crippen molar-refractivity contribution in [1.29, 1.82) is 0 Å². The van der Waals surface area contributed by atoms with Crippen molar-refractivity contribution in [3.63, 3.8) is 0 Å². The van der Waals surface area contributed by atoms with Crippen LogP contribution in [0.5, 0.6) is 17.2 Å². The molecule has 0 aliphatic carbocycles. The van der Waals surface area contributed by atoms with Crippen molar-refractivity contribution >= 4 is 0 Å². The number of hydrogen-bond donors (Lipinski definition) is 1. The van der Waals surface area contributed by atoms with E-state index in [2.05, 4.69) is 24.3 Å². The molecule has 1 unspecified atom stereocenters. The predicted molar refractivity (Wildman–Crippen MR) is 110 cm³/mol. The maximum Gasteiger partial charge on any atom is 0.118 e. The van der Waals surface area contributed by atoms with Crippen molar-refractivity contribution in [2.75, 3.05) is 21.3 Å². The number of rotatable bonds is 8. The monoisotopic (exact) mass is 378 g/mol. The summed E-state index contributed by atoms with van der Waals surface area (Å²) in [4.78, 5) is 0. The lowest BCUT2D eigenvalue weighted by Gasteiger charge is -2.22. The molecule has 0 saturated heterocycles. The van der Waals surface area contributed by atoms with Crippen molar-refractivity contribution in [3.05, 3.63) is 89.5 Å². The van der Waals surface area contributed by atoms with Gasteiger partial charge in [0.1, 0.15) is 17.2 Å². The van der Waals surface area contributed by atoms with Crippen LogP contribution in [0, 0.1) is 0 Å². The van der Waals surface area contributed by atoms with E-state index >= 15 is 0 Å². The molecule has 0 aromatic heterocycles. The van der Waals surface area contributed by atoms with Gasteiger partial charge < -0.3 is 19.3 Å². The van der Waals surface area contributed by atoms with Crippen LogP contribution in [0.3, 0.4) is 0 Å². The molecular formula is C24H26O4. The Kier molecular flexibility index (Phi) is 6.56. The number of ether oxygens (including phenoxy) is 3. The van der Waals surface area contributed by atoms with Gasteiger partial charge in [-0.25, -0.2) is 0 Å². The smallest absolute Gasteiger partial charge is 0.118 e. The van der Waals surface area contributed by atoms with E-state index in [9.17, 15) is 5.11 Å². The molecule has 3 aromatic rings. The minimum Gasteiger partial charge on any atom is -0.497 e. The van der Waals surface area contributed by atoms with Crippen LogP contribution in [0.1, 0.15) is 35.1 Å². The average Bonchev–Trinajstić information content (AvgIpc) is 2.77. The molecule has 0 heterocycles. The number of hydrogen-bond acceptors (Lipinski definition) is 4. The molecule has 3 rings (SSSR count). The third kappa shape index (κ3) is 4.65. The van der Waals surface area contributed by atoms with Gasteiger partial charge in [-0.05, 0) is 59.5 Å². The van der Waals surface area contributed by atoms with E-state index < -0.39 is 6.10 Å². The molecule has 0 bridgehead atoms. The van der Waals surface area contributed by atoms with Gasteiger partial charge in [0.05, 0.1) is 27.4 Å². The highest BCUT2D eigenvalue weighted by Gasteiger charge is 2.20. The fraction of sp³-hybridized carbons (Fsp3) is 0.250. The Balaban J connectivity index is 1.89. The highest BCUT2D eigenvalue weighted by molar-refractivity contribution is 5.39. The Morgan fingerprint density at radius 2 is 0.893 bits per heavy atom. The summed E-state index contributed by atoms with van der Waals surface area (Å²) >= 11 is 0. The van der Waals surface area contributed by atoms with E-state index in [0.29, 0.717) is 6.42 Å². The molecule has 0 amide bonds. The maximum absolute atomic E-state index is 10.9. The maximum atomic E-state index is 10.9. The van der Waals surface area contributed by atoms with Gasteiger partial charge in [-0.1, -0.05) is 36.4 Å². The van der Waals surface area contributed by atoms with Gasteiger partial charge in [-0.3, -0.25) is 0 Å². The van der Waals surface area contributed by atoms with Gasteiger partial charge in [0.25, 0.3) is 0 Å². The number of benzene rings is 3. The summed E-state index contributed by atoms with van der Waals surface area (Å²) in [6.07, 6.45) is -0.0366. The zero-order valence-corrected chi connectivity index (χ0v) is 16.5. The van der Waals surface area contributed by atoms with Crippen molar-refractivity contribution < 1.29 is 19.3 Å². The SMILES string of the molecule is COc1ccc(C(O)CC(c2ccc(OC)cc2)c2ccc(OC)cc2)cc1. The predicted octanol–water partition coefficient (Wildman–Crippen LogP) is 4.97. The van der Waals surface area contributed by atoms with Crippen LogP contribution in [-0.2, 0) is 0 Å². The second-order valence-corrected chi connectivity index (χ2v) is 6.62. The second kappa shape index (κ2) is 9.29. The summed E-state index contributed by atoms with van der Waals surface area (Å²) in [7, 11) is 4.95. The largest absolute Gasteiger partial charge is 0.497 e. The zero-order chi connectivity index (χ0) is 19.9. The van der Waals surface area contributed by atoms with E-state index in [1.807, 2.05) is 48.5 Å². The zero-order valence-electron chi connectivity index (χ0n) is 16.5. The number of methoxy groups -OCH3 is 3. The van der Waals surface area contributed by atoms with Crippen molar-refractivity contribution in [3.8, 4) is 17.2 Å². The van der Waals surface area contributed by atoms with E-state index in [0.717, 1.165) is 33.9 Å². The Morgan fingerprint density at radius 3 is 1.21 bits per heavy atom. The van der Waals surface area contributed by atoms with Crippen LogP contribution in [0.25, 0.3) is 0 Å². The Hall–Kier alpha value is -2.98. The normalized spacial score (nSPS) is 11.9. The molecule has 0 radical (unpaired) electrons. The van der Waals surface area contributed by atoms with E-state index in [1.54, 1.807) is 21.3 Å². The highest BCUT2D eigenvalue weighted by Crippen LogP contribution is 2.35. The summed E-state index contributed by atoms with van der Waals surface area (Å²) < 4.78 is 15.8. The minimum absolute atomic E-state index is 0.0360. The van der Waals surface area contributed by atoms with Gasteiger partial charge in [0.15, 0.2) is 0 Å². The lowest BCUT2D eigenvalue weighted by Crippen LogP contribution is -2.08. The first kappa shape index (κ1) is 19.8. The molecule has 1 atom stereocenters. The Bertz CT molecular complexity index is 807. The fourth-order valence-corrected chi connectivity index (χ4v) is 3.32. The third-order valence-corrected chi connectivity index (χ3v) is 5.00. The van der Waals surface area contributed by atoms with Crippen LogP contribution < -0.4 is 14.2 Å². The number of aliphatic hydroxyl groups is 1. The van der Waals surface area contributed by atoms with Gasteiger partial charge in [0, 0.05) is 5.92 Å². The molecule has 0 aliphatic rings. The molecule has 0 aliphatic heterocycles. The molecule has 4 heteroatoms. The van der Waals surface area contributed by atoms with E-state index in [4.69, 9.17) is 14.2 Å². The lowest BCUT2D eigenvalue weighted by atomic mass is 9.85. The molecule has 0 saturated carbocycles. The summed E-state index contributed by atoms with van der Waals surface area (Å²) in [6, 6.07) is 23.5. The van der Waals surface area contributed by atoms with Gasteiger partial charge >= 0.3 is 0 Å². The average molecular weight is 378 g/mol. The van der Waals surface area contributed by atoms with Crippen LogP contribution in [0.15, 0.2) is 72.8 Å². The van der Waals surface area contributed by atoms with Gasteiger partial charge in [-0.15, -0.1) is 0 Å². The van der Waals surface area contributed by atoms with Crippen LogP contribution in [0.2, 0.25) is 0 Å². The summed E-state index contributed by atoms with van der Waals surface area (Å²) in [5.74, 6) is 2.44. The second-order valence-electron chi connectivity index (χ2n) is 6.62. The molecule has 146 valence electrons. The molecule has 4 nitrogen and oxygen atoms in total. The Labute approximate surface area is 166 Å². The van der Waals surface area contributed by atoms with Crippen LogP contribution >= 0.6 is 0 Å². The fourth-order valence-electron chi connectivity index (χ4n) is 3.32. The van der Waals surface area contributed by atoms with Crippen molar-refractivity contribution in [2.24, 2.45) is 0 Å². The van der Waals surface area contributed by atoms with Crippen molar-refractivity contribution in [2.45, 2.75) is 18.4 Å². The van der Waals surface area contributed by atoms with E-state index in [-0.39, 0.29) is 5.92 Å². The summed E-state index contributed by atoms with van der Waals surface area (Å²) in [6.45, 7) is 0. The van der Waals surface area contributed by atoms with Gasteiger partial charge in [0.2, 0.25) is 0 Å². The molecule has 28 heavy (non-hydrogen) atoms. The van der Waals surface area contributed by atoms with Crippen molar-refractivity contribution in [1.82, 2.24) is 0 Å². The molecular weight excluding hydrogens is 352 g/mol. The first-order valence-electron chi connectivity index (χ1n) is 9.24. The van der Waals surface area contributed by atoms with Crippen LogP contribution in [-0.4, -0.2) is 26.4 Å². The first-order valence-corrected chi connectivity index (χ1v) is 9.24.